The van der Waals surface area contributed by atoms with Crippen molar-refractivity contribution >= 4 is 67.7 Å². The minimum atomic E-state index is -0.421. The van der Waals surface area contributed by atoms with Crippen molar-refractivity contribution in [3.63, 3.8) is 0 Å². The number of aromatic nitrogens is 1. The van der Waals surface area contributed by atoms with Crippen LogP contribution in [-0.2, 0) is 4.79 Å². The van der Waals surface area contributed by atoms with E-state index in [1.54, 1.807) is 12.1 Å². The van der Waals surface area contributed by atoms with E-state index >= 15 is 0 Å². The number of hydrogen-bond donors (Lipinski definition) is 1. The van der Waals surface area contributed by atoms with Crippen LogP contribution in [0.25, 0.3) is 27.6 Å². The molecule has 1 fully saturated rings. The Hall–Kier alpha value is -3.55. The minimum absolute atomic E-state index is 0.281. The molecule has 0 atom stereocenters. The topological polar surface area (TPSA) is 62.3 Å². The second kappa shape index (κ2) is 7.94. The van der Waals surface area contributed by atoms with Crippen LogP contribution in [0.4, 0.5) is 0 Å². The maximum Gasteiger partial charge on any atom is 0.285 e. The second-order valence-electron chi connectivity index (χ2n) is 6.93. The zero-order chi connectivity index (χ0) is 21.4. The van der Waals surface area contributed by atoms with E-state index in [0.29, 0.717) is 10.5 Å². The number of fused-ring (bicyclic) bond motifs is 2. The van der Waals surface area contributed by atoms with E-state index in [9.17, 15) is 9.59 Å². The first kappa shape index (κ1) is 19.4. The number of carbonyl (C=O) groups excluding carboxylic acids is 2. The lowest BCUT2D eigenvalue weighted by Crippen LogP contribution is -2.44. The number of hydrogen-bond acceptors (Lipinski definition) is 5. The number of pyridine rings is 1. The molecule has 1 aliphatic heterocycles. The molecule has 1 N–H and O–H groups in total. The molecule has 31 heavy (non-hydrogen) atoms. The molecule has 1 aromatic heterocycles. The first-order valence-corrected chi connectivity index (χ1v) is 10.7. The zero-order valence-corrected chi connectivity index (χ0v) is 17.7. The van der Waals surface area contributed by atoms with Gasteiger partial charge in [-0.2, -0.15) is 5.01 Å². The van der Waals surface area contributed by atoms with Crippen LogP contribution < -0.4 is 5.43 Å². The summed E-state index contributed by atoms with van der Waals surface area (Å²) in [7, 11) is 0. The SMILES string of the molecule is O=C(NN1C(=O)C(=Cc2c3ccccc3cc3ccccc23)SC1=S)c1ccncc1. The fraction of sp³-hybridized carbons (Fsp3) is 0. The molecule has 0 saturated carbocycles. The summed E-state index contributed by atoms with van der Waals surface area (Å²) >= 11 is 6.54. The number of carbonyl (C=O) groups is 2. The number of nitrogens with one attached hydrogen (secondary N) is 1. The van der Waals surface area contributed by atoms with E-state index in [1.165, 1.54) is 24.2 Å². The fourth-order valence-corrected chi connectivity index (χ4v) is 4.73. The molecule has 0 radical (unpaired) electrons. The normalized spacial score (nSPS) is 15.2. The summed E-state index contributed by atoms with van der Waals surface area (Å²) in [5.74, 6) is -0.773. The van der Waals surface area contributed by atoms with Gasteiger partial charge in [0.05, 0.1) is 4.91 Å². The number of benzene rings is 3. The third-order valence-electron chi connectivity index (χ3n) is 5.04. The molecular weight excluding hydrogens is 426 g/mol. The average molecular weight is 442 g/mol. The van der Waals surface area contributed by atoms with Gasteiger partial charge < -0.3 is 0 Å². The van der Waals surface area contributed by atoms with Crippen LogP contribution in [0.2, 0.25) is 0 Å². The van der Waals surface area contributed by atoms with Gasteiger partial charge in [0.15, 0.2) is 4.32 Å². The summed E-state index contributed by atoms with van der Waals surface area (Å²) in [5, 5.41) is 5.41. The van der Waals surface area contributed by atoms with Crippen LogP contribution in [0.5, 0.6) is 0 Å². The second-order valence-corrected chi connectivity index (χ2v) is 8.60. The molecule has 5 rings (SSSR count). The van der Waals surface area contributed by atoms with E-state index in [0.717, 1.165) is 32.1 Å². The third kappa shape index (κ3) is 3.58. The van der Waals surface area contributed by atoms with Gasteiger partial charge in [0, 0.05) is 18.0 Å². The largest absolute Gasteiger partial charge is 0.285 e. The van der Waals surface area contributed by atoms with Gasteiger partial charge in [-0.05, 0) is 63.6 Å². The summed E-state index contributed by atoms with van der Waals surface area (Å²) in [6.07, 6.45) is 4.90. The van der Waals surface area contributed by atoms with Gasteiger partial charge in [-0.1, -0.05) is 60.3 Å². The van der Waals surface area contributed by atoms with Crippen molar-refractivity contribution in [3.8, 4) is 0 Å². The maximum atomic E-state index is 13.1. The van der Waals surface area contributed by atoms with Gasteiger partial charge >= 0.3 is 0 Å². The van der Waals surface area contributed by atoms with Crippen LogP contribution in [-0.4, -0.2) is 26.1 Å². The predicted molar refractivity (Wildman–Crippen MR) is 128 cm³/mol. The van der Waals surface area contributed by atoms with Gasteiger partial charge in [-0.3, -0.25) is 20.0 Å². The molecule has 5 nitrogen and oxygen atoms in total. The first-order valence-electron chi connectivity index (χ1n) is 9.51. The highest BCUT2D eigenvalue weighted by Crippen LogP contribution is 2.36. The Morgan fingerprint density at radius 1 is 0.968 bits per heavy atom. The fourth-order valence-electron chi connectivity index (χ4n) is 3.57. The molecule has 3 aromatic carbocycles. The van der Waals surface area contributed by atoms with Crippen molar-refractivity contribution in [2.75, 3.05) is 0 Å². The number of thiocarbonyl (C=S) groups is 1. The summed E-state index contributed by atoms with van der Waals surface area (Å²) in [6, 6.07) is 21.4. The lowest BCUT2D eigenvalue weighted by atomic mass is 9.96. The number of amides is 2. The molecule has 0 spiro atoms. The number of nitrogens with zero attached hydrogens (tertiary/aromatic N) is 2. The smallest absolute Gasteiger partial charge is 0.267 e. The zero-order valence-electron chi connectivity index (χ0n) is 16.1. The maximum absolute atomic E-state index is 13.1. The quantitative estimate of drug-likeness (QED) is 0.277. The van der Waals surface area contributed by atoms with Crippen molar-refractivity contribution in [1.82, 2.24) is 15.4 Å². The van der Waals surface area contributed by atoms with Gasteiger partial charge in [-0.25, -0.2) is 0 Å². The van der Waals surface area contributed by atoms with Crippen LogP contribution in [0.3, 0.4) is 0 Å². The Labute approximate surface area is 187 Å². The third-order valence-corrected chi connectivity index (χ3v) is 6.34. The Morgan fingerprint density at radius 3 is 2.23 bits per heavy atom. The molecule has 0 bridgehead atoms. The molecule has 2 amide bonds. The molecule has 7 heteroatoms. The van der Waals surface area contributed by atoms with E-state index in [4.69, 9.17) is 12.2 Å². The van der Waals surface area contributed by atoms with E-state index in [1.807, 2.05) is 42.5 Å². The van der Waals surface area contributed by atoms with Crippen molar-refractivity contribution in [1.29, 1.82) is 0 Å². The highest BCUT2D eigenvalue weighted by molar-refractivity contribution is 8.26. The molecule has 0 aliphatic carbocycles. The molecule has 1 aliphatic rings. The van der Waals surface area contributed by atoms with Gasteiger partial charge in [0.2, 0.25) is 0 Å². The predicted octanol–water partition coefficient (Wildman–Crippen LogP) is 4.93. The minimum Gasteiger partial charge on any atom is -0.267 e. The van der Waals surface area contributed by atoms with Crippen molar-refractivity contribution in [2.24, 2.45) is 0 Å². The molecule has 2 heterocycles. The Bertz CT molecular complexity index is 1350. The van der Waals surface area contributed by atoms with Gasteiger partial charge in [0.25, 0.3) is 11.8 Å². The monoisotopic (exact) mass is 441 g/mol. The summed E-state index contributed by atoms with van der Waals surface area (Å²) < 4.78 is 0.281. The highest BCUT2D eigenvalue weighted by atomic mass is 32.2. The lowest BCUT2D eigenvalue weighted by Gasteiger charge is -2.15. The summed E-state index contributed by atoms with van der Waals surface area (Å²) in [5.41, 5.74) is 3.95. The van der Waals surface area contributed by atoms with Crippen molar-refractivity contribution in [2.45, 2.75) is 0 Å². The van der Waals surface area contributed by atoms with Crippen LogP contribution in [0.1, 0.15) is 15.9 Å². The first-order chi connectivity index (χ1) is 15.1. The van der Waals surface area contributed by atoms with Crippen LogP contribution in [0, 0.1) is 0 Å². The Balaban J connectivity index is 1.54. The van der Waals surface area contributed by atoms with E-state index in [2.05, 4.69) is 28.6 Å². The van der Waals surface area contributed by atoms with Crippen molar-refractivity contribution in [3.05, 3.63) is 95.2 Å². The lowest BCUT2D eigenvalue weighted by molar-refractivity contribution is -0.123. The number of thioether (sulfide) groups is 1. The standard InChI is InChI=1S/C24H15N3O2S2/c28-22(15-9-11-25-12-10-15)26-27-23(29)21(31-24(27)30)14-20-18-7-3-1-5-16(18)13-17-6-2-4-8-19(17)20/h1-14H,(H,26,28). The molecule has 150 valence electrons. The Kier molecular flexibility index (Phi) is 4.97. The van der Waals surface area contributed by atoms with Gasteiger partial charge in [-0.15, -0.1) is 0 Å². The molecule has 0 unspecified atom stereocenters. The molecule has 1 saturated heterocycles. The van der Waals surface area contributed by atoms with Crippen LogP contribution in [0.15, 0.2) is 84.0 Å². The summed E-state index contributed by atoms with van der Waals surface area (Å²) in [4.78, 5) is 29.9. The molecule has 4 aromatic rings. The Morgan fingerprint density at radius 2 is 1.58 bits per heavy atom. The van der Waals surface area contributed by atoms with E-state index < -0.39 is 5.91 Å². The molecular formula is C24H15N3O2S2. The van der Waals surface area contributed by atoms with Crippen molar-refractivity contribution < 1.29 is 9.59 Å². The number of rotatable bonds is 3. The van der Waals surface area contributed by atoms with Gasteiger partial charge in [0.1, 0.15) is 0 Å². The summed E-state index contributed by atoms with van der Waals surface area (Å²) in [6.45, 7) is 0. The number of hydrazine groups is 1. The van der Waals surface area contributed by atoms with Crippen LogP contribution >= 0.6 is 24.0 Å². The van der Waals surface area contributed by atoms with E-state index in [-0.39, 0.29) is 10.2 Å². The average Bonchev–Trinajstić information content (AvgIpc) is 3.06. The highest BCUT2D eigenvalue weighted by Gasteiger charge is 2.34.